The Morgan fingerprint density at radius 3 is 2.76 bits per heavy atom. The van der Waals surface area contributed by atoms with Crippen molar-refractivity contribution in [1.29, 1.82) is 0 Å². The smallest absolute Gasteiger partial charge is 0.270 e. The zero-order chi connectivity index (χ0) is 15.5. The summed E-state index contributed by atoms with van der Waals surface area (Å²) in [5, 5.41) is 7.00. The molecule has 0 aliphatic rings. The molecule has 7 heteroatoms. The van der Waals surface area contributed by atoms with Gasteiger partial charge in [0.25, 0.3) is 5.56 Å². The lowest BCUT2D eigenvalue weighted by molar-refractivity contribution is 0.324. The van der Waals surface area contributed by atoms with Crippen LogP contribution in [0.15, 0.2) is 22.4 Å². The zero-order valence-corrected chi connectivity index (χ0v) is 13.3. The lowest BCUT2D eigenvalue weighted by Gasteiger charge is -2.14. The number of aromatic nitrogens is 3. The molecule has 2 N–H and O–H groups in total. The Morgan fingerprint density at radius 1 is 1.43 bits per heavy atom. The van der Waals surface area contributed by atoms with Gasteiger partial charge in [-0.25, -0.2) is 9.67 Å². The van der Waals surface area contributed by atoms with Crippen LogP contribution in [0.1, 0.15) is 31.5 Å². The van der Waals surface area contributed by atoms with Crippen LogP contribution in [0.25, 0.3) is 0 Å². The first-order chi connectivity index (χ1) is 9.90. The molecule has 0 aliphatic carbocycles. The van der Waals surface area contributed by atoms with E-state index < -0.39 is 0 Å². The average molecular weight is 308 g/mol. The summed E-state index contributed by atoms with van der Waals surface area (Å²) in [5.41, 5.74) is 6.17. The second-order valence-electron chi connectivity index (χ2n) is 5.70. The van der Waals surface area contributed by atoms with Crippen LogP contribution in [0.5, 0.6) is 5.75 Å². The molecule has 0 amide bonds. The highest BCUT2D eigenvalue weighted by atomic mass is 32.1. The Kier molecular flexibility index (Phi) is 4.74. The molecule has 0 atom stereocenters. The zero-order valence-electron chi connectivity index (χ0n) is 12.5. The molecule has 0 bridgehead atoms. The number of thiazole rings is 1. The van der Waals surface area contributed by atoms with Crippen LogP contribution in [-0.2, 0) is 12.0 Å². The van der Waals surface area contributed by atoms with E-state index in [0.29, 0.717) is 25.4 Å². The molecule has 0 saturated carbocycles. The van der Waals surface area contributed by atoms with Gasteiger partial charge in [0, 0.05) is 23.4 Å². The SMILES string of the molecule is CC(C)(C)c1csc(Cn2ncc(OCCN)cc2=O)n1. The van der Waals surface area contributed by atoms with Gasteiger partial charge in [0.15, 0.2) is 0 Å². The standard InChI is InChI=1S/C14H20N4O2S/c1-14(2,3)11-9-21-12(17-11)8-18-13(19)6-10(7-16-18)20-5-4-15/h6-7,9H,4-5,8,15H2,1-3H3. The normalized spacial score (nSPS) is 11.6. The summed E-state index contributed by atoms with van der Waals surface area (Å²) in [7, 11) is 0. The fourth-order valence-corrected chi connectivity index (χ4v) is 2.65. The van der Waals surface area contributed by atoms with Crippen molar-refractivity contribution in [3.63, 3.8) is 0 Å². The molecule has 2 aromatic heterocycles. The highest BCUT2D eigenvalue weighted by Gasteiger charge is 2.17. The van der Waals surface area contributed by atoms with E-state index in [9.17, 15) is 4.79 Å². The minimum absolute atomic E-state index is 0.00700. The molecule has 0 spiro atoms. The minimum atomic E-state index is -0.211. The quantitative estimate of drug-likeness (QED) is 0.902. The number of nitrogens with two attached hydrogens (primary N) is 1. The van der Waals surface area contributed by atoms with Crippen molar-refractivity contribution in [2.24, 2.45) is 5.73 Å². The van der Waals surface area contributed by atoms with Crippen LogP contribution < -0.4 is 16.0 Å². The fraction of sp³-hybridized carbons (Fsp3) is 0.500. The predicted molar refractivity (Wildman–Crippen MR) is 83.0 cm³/mol. The number of nitrogens with zero attached hydrogens (tertiary/aromatic N) is 3. The lowest BCUT2D eigenvalue weighted by Crippen LogP contribution is -2.23. The van der Waals surface area contributed by atoms with E-state index in [4.69, 9.17) is 10.5 Å². The molecule has 2 rings (SSSR count). The van der Waals surface area contributed by atoms with Gasteiger partial charge in [-0.2, -0.15) is 5.10 Å². The molecule has 0 saturated heterocycles. The van der Waals surface area contributed by atoms with Crippen LogP contribution in [0.2, 0.25) is 0 Å². The highest BCUT2D eigenvalue weighted by molar-refractivity contribution is 7.09. The molecule has 0 radical (unpaired) electrons. The van der Waals surface area contributed by atoms with Crippen molar-refractivity contribution < 1.29 is 4.74 Å². The Bertz CT molecular complexity index is 657. The van der Waals surface area contributed by atoms with Gasteiger partial charge < -0.3 is 10.5 Å². The maximum Gasteiger partial charge on any atom is 0.270 e. The molecular weight excluding hydrogens is 288 g/mol. The minimum Gasteiger partial charge on any atom is -0.490 e. The number of rotatable bonds is 5. The summed E-state index contributed by atoms with van der Waals surface area (Å²) in [6.07, 6.45) is 1.52. The van der Waals surface area contributed by atoms with E-state index in [0.717, 1.165) is 10.7 Å². The Morgan fingerprint density at radius 2 is 2.19 bits per heavy atom. The van der Waals surface area contributed by atoms with Gasteiger partial charge >= 0.3 is 0 Å². The van der Waals surface area contributed by atoms with Gasteiger partial charge in [0.2, 0.25) is 0 Å². The Labute approximate surface area is 127 Å². The second-order valence-corrected chi connectivity index (χ2v) is 6.64. The molecule has 2 heterocycles. The van der Waals surface area contributed by atoms with Crippen molar-refractivity contribution in [2.75, 3.05) is 13.2 Å². The van der Waals surface area contributed by atoms with Crippen LogP contribution >= 0.6 is 11.3 Å². The van der Waals surface area contributed by atoms with Crippen LogP contribution in [0, 0.1) is 0 Å². The molecule has 6 nitrogen and oxygen atoms in total. The first-order valence-electron chi connectivity index (χ1n) is 6.75. The third kappa shape index (κ3) is 4.12. The van der Waals surface area contributed by atoms with E-state index in [1.807, 2.05) is 5.38 Å². The highest BCUT2D eigenvalue weighted by Crippen LogP contribution is 2.24. The van der Waals surface area contributed by atoms with Crippen molar-refractivity contribution >= 4 is 11.3 Å². The van der Waals surface area contributed by atoms with E-state index in [1.54, 1.807) is 0 Å². The second kappa shape index (κ2) is 6.36. The molecular formula is C14H20N4O2S. The summed E-state index contributed by atoms with van der Waals surface area (Å²) >= 11 is 1.54. The first kappa shape index (κ1) is 15.7. The van der Waals surface area contributed by atoms with Crippen LogP contribution in [0.3, 0.4) is 0 Å². The average Bonchev–Trinajstić information content (AvgIpc) is 2.88. The Balaban J connectivity index is 2.13. The van der Waals surface area contributed by atoms with Crippen molar-refractivity contribution in [3.8, 4) is 5.75 Å². The maximum atomic E-state index is 12.0. The van der Waals surface area contributed by atoms with Crippen molar-refractivity contribution in [3.05, 3.63) is 38.7 Å². The third-order valence-corrected chi connectivity index (χ3v) is 3.67. The Hall–Kier alpha value is -1.73. The van der Waals surface area contributed by atoms with Gasteiger partial charge in [-0.1, -0.05) is 20.8 Å². The number of hydrogen-bond donors (Lipinski definition) is 1. The number of hydrogen-bond acceptors (Lipinski definition) is 6. The lowest BCUT2D eigenvalue weighted by atomic mass is 9.93. The van der Waals surface area contributed by atoms with Gasteiger partial charge in [0.1, 0.15) is 17.4 Å². The molecule has 21 heavy (non-hydrogen) atoms. The molecule has 0 fully saturated rings. The monoisotopic (exact) mass is 308 g/mol. The van der Waals surface area contributed by atoms with Gasteiger partial charge in [-0.3, -0.25) is 4.79 Å². The third-order valence-electron chi connectivity index (χ3n) is 2.84. The van der Waals surface area contributed by atoms with Gasteiger partial charge in [0.05, 0.1) is 18.4 Å². The summed E-state index contributed by atoms with van der Waals surface area (Å²) in [6.45, 7) is 7.47. The molecule has 0 unspecified atom stereocenters. The predicted octanol–water partition coefficient (Wildman–Crippen LogP) is 1.38. The maximum absolute atomic E-state index is 12.0. The van der Waals surface area contributed by atoms with E-state index in [-0.39, 0.29) is 11.0 Å². The summed E-state index contributed by atoms with van der Waals surface area (Å²) in [6, 6.07) is 1.42. The fourth-order valence-electron chi connectivity index (χ4n) is 1.65. The summed E-state index contributed by atoms with van der Waals surface area (Å²) in [5.74, 6) is 0.441. The van der Waals surface area contributed by atoms with E-state index >= 15 is 0 Å². The first-order valence-corrected chi connectivity index (χ1v) is 7.63. The summed E-state index contributed by atoms with van der Waals surface area (Å²) in [4.78, 5) is 16.5. The molecule has 0 aromatic carbocycles. The molecule has 2 aromatic rings. The van der Waals surface area contributed by atoms with Crippen LogP contribution in [0.4, 0.5) is 0 Å². The number of ether oxygens (including phenoxy) is 1. The van der Waals surface area contributed by atoms with Gasteiger partial charge in [-0.15, -0.1) is 11.3 Å². The molecule has 114 valence electrons. The topological polar surface area (TPSA) is 83.0 Å². The van der Waals surface area contributed by atoms with Crippen molar-refractivity contribution in [2.45, 2.75) is 32.7 Å². The van der Waals surface area contributed by atoms with Crippen molar-refractivity contribution in [1.82, 2.24) is 14.8 Å². The van der Waals surface area contributed by atoms with Gasteiger partial charge in [-0.05, 0) is 0 Å². The van der Waals surface area contributed by atoms with E-state index in [2.05, 4.69) is 30.9 Å². The summed E-state index contributed by atoms with van der Waals surface area (Å²) < 4.78 is 6.65. The largest absolute Gasteiger partial charge is 0.490 e. The molecule has 0 aliphatic heterocycles. The van der Waals surface area contributed by atoms with Crippen LogP contribution in [-0.4, -0.2) is 27.9 Å². The van der Waals surface area contributed by atoms with E-state index in [1.165, 1.54) is 28.3 Å².